The average Bonchev–Trinajstić information content (AvgIpc) is 2.35. The van der Waals surface area contributed by atoms with Crippen molar-refractivity contribution in [3.8, 4) is 0 Å². The van der Waals surface area contributed by atoms with Gasteiger partial charge in [0.25, 0.3) is 0 Å². The van der Waals surface area contributed by atoms with Gasteiger partial charge in [-0.05, 0) is 18.6 Å². The summed E-state index contributed by atoms with van der Waals surface area (Å²) >= 11 is 0. The number of benzene rings is 1. The Morgan fingerprint density at radius 3 is 2.06 bits per heavy atom. The Morgan fingerprint density at radius 2 is 1.59 bits per heavy atom. The molecule has 0 amide bonds. The van der Waals surface area contributed by atoms with Crippen molar-refractivity contribution < 1.29 is 19.5 Å². The van der Waals surface area contributed by atoms with Gasteiger partial charge in [0.1, 0.15) is 0 Å². The third-order valence-corrected chi connectivity index (χ3v) is 2.40. The van der Waals surface area contributed by atoms with E-state index in [2.05, 4.69) is 0 Å². The van der Waals surface area contributed by atoms with Gasteiger partial charge < -0.3 is 5.11 Å². The summed E-state index contributed by atoms with van der Waals surface area (Å²) in [7, 11) is 0. The lowest BCUT2D eigenvalue weighted by atomic mass is 10.0. The van der Waals surface area contributed by atoms with Crippen LogP contribution in [0.3, 0.4) is 0 Å². The van der Waals surface area contributed by atoms with Crippen LogP contribution in [0.1, 0.15) is 46.9 Å². The van der Waals surface area contributed by atoms with E-state index in [0.717, 1.165) is 6.42 Å². The number of Topliss-reactive ketones (excluding diaryl/α,β-unsaturated/α-hetero) is 2. The zero-order chi connectivity index (χ0) is 12.8. The molecule has 4 nitrogen and oxygen atoms in total. The van der Waals surface area contributed by atoms with Gasteiger partial charge in [-0.1, -0.05) is 25.5 Å². The van der Waals surface area contributed by atoms with Crippen molar-refractivity contribution in [3.05, 3.63) is 35.4 Å². The summed E-state index contributed by atoms with van der Waals surface area (Å²) in [5.74, 6) is -2.02. The summed E-state index contributed by atoms with van der Waals surface area (Å²) in [6.07, 6.45) is 1.80. The highest BCUT2D eigenvalue weighted by molar-refractivity contribution is 6.43. The second-order valence-electron chi connectivity index (χ2n) is 3.74. The van der Waals surface area contributed by atoms with Crippen molar-refractivity contribution in [1.82, 2.24) is 0 Å². The van der Waals surface area contributed by atoms with Crippen LogP contribution in [0, 0.1) is 0 Å². The predicted molar refractivity (Wildman–Crippen MR) is 62.3 cm³/mol. The van der Waals surface area contributed by atoms with Crippen molar-refractivity contribution in [1.29, 1.82) is 0 Å². The van der Waals surface area contributed by atoms with Gasteiger partial charge in [-0.2, -0.15) is 0 Å². The number of unbranched alkanes of at least 4 members (excludes halogenated alkanes) is 1. The van der Waals surface area contributed by atoms with Crippen molar-refractivity contribution in [2.75, 3.05) is 0 Å². The largest absolute Gasteiger partial charge is 0.478 e. The fraction of sp³-hybridized carbons (Fsp3) is 0.308. The second kappa shape index (κ2) is 5.94. The molecule has 1 aromatic rings. The number of hydrogen-bond donors (Lipinski definition) is 1. The molecule has 0 spiro atoms. The van der Waals surface area contributed by atoms with Gasteiger partial charge in [-0.25, -0.2) is 4.79 Å². The topological polar surface area (TPSA) is 71.4 Å². The monoisotopic (exact) mass is 234 g/mol. The Hall–Kier alpha value is -1.97. The van der Waals surface area contributed by atoms with Crippen LogP contribution < -0.4 is 0 Å². The van der Waals surface area contributed by atoms with E-state index in [1.165, 1.54) is 24.3 Å². The molecule has 1 aromatic carbocycles. The van der Waals surface area contributed by atoms with Crippen molar-refractivity contribution >= 4 is 17.5 Å². The number of rotatable bonds is 6. The van der Waals surface area contributed by atoms with E-state index >= 15 is 0 Å². The van der Waals surface area contributed by atoms with Gasteiger partial charge in [-0.15, -0.1) is 0 Å². The summed E-state index contributed by atoms with van der Waals surface area (Å²) < 4.78 is 0. The standard InChI is InChI=1S/C13H14O4/c1-2-3-4-11(14)12(15)9-5-7-10(8-6-9)13(16)17/h5-8H,2-4H2,1H3,(H,16,17). The summed E-state index contributed by atoms with van der Waals surface area (Å²) in [6, 6.07) is 5.39. The second-order valence-corrected chi connectivity index (χ2v) is 3.74. The highest BCUT2D eigenvalue weighted by Crippen LogP contribution is 2.08. The molecule has 4 heteroatoms. The normalized spacial score (nSPS) is 9.94. The Kier molecular flexibility index (Phi) is 4.57. The lowest BCUT2D eigenvalue weighted by Crippen LogP contribution is -2.14. The van der Waals surface area contributed by atoms with Crippen LogP contribution in [-0.4, -0.2) is 22.6 Å². The van der Waals surface area contributed by atoms with Crippen LogP contribution >= 0.6 is 0 Å². The first kappa shape index (κ1) is 13.1. The van der Waals surface area contributed by atoms with E-state index in [1.54, 1.807) is 0 Å². The fourth-order valence-corrected chi connectivity index (χ4v) is 1.38. The number of carboxylic acids is 1. The molecule has 0 atom stereocenters. The van der Waals surface area contributed by atoms with E-state index in [0.29, 0.717) is 6.42 Å². The van der Waals surface area contributed by atoms with E-state index in [-0.39, 0.29) is 17.5 Å². The minimum Gasteiger partial charge on any atom is -0.478 e. The Labute approximate surface area is 99.3 Å². The summed E-state index contributed by atoms with van der Waals surface area (Å²) in [4.78, 5) is 33.7. The van der Waals surface area contributed by atoms with Crippen LogP contribution in [0.15, 0.2) is 24.3 Å². The molecule has 0 heterocycles. The highest BCUT2D eigenvalue weighted by atomic mass is 16.4. The first-order valence-corrected chi connectivity index (χ1v) is 5.47. The van der Waals surface area contributed by atoms with E-state index in [1.807, 2.05) is 6.92 Å². The van der Waals surface area contributed by atoms with Gasteiger partial charge in [0.2, 0.25) is 11.6 Å². The Balaban J connectivity index is 2.76. The zero-order valence-electron chi connectivity index (χ0n) is 9.60. The molecular weight excluding hydrogens is 220 g/mol. The molecule has 17 heavy (non-hydrogen) atoms. The maximum Gasteiger partial charge on any atom is 0.335 e. The summed E-state index contributed by atoms with van der Waals surface area (Å²) in [5.41, 5.74) is 0.346. The summed E-state index contributed by atoms with van der Waals surface area (Å²) in [5, 5.41) is 8.69. The quantitative estimate of drug-likeness (QED) is 0.605. The maximum atomic E-state index is 11.6. The Bertz CT molecular complexity index is 431. The number of carbonyl (C=O) groups is 3. The van der Waals surface area contributed by atoms with Crippen LogP contribution in [-0.2, 0) is 4.79 Å². The van der Waals surface area contributed by atoms with Gasteiger partial charge >= 0.3 is 5.97 Å². The number of carboxylic acid groups (broad SMARTS) is 1. The Morgan fingerprint density at radius 1 is 1.06 bits per heavy atom. The molecule has 1 rings (SSSR count). The molecule has 0 saturated carbocycles. The molecule has 0 aliphatic rings. The molecule has 0 aromatic heterocycles. The average molecular weight is 234 g/mol. The number of aromatic carboxylic acids is 1. The molecule has 0 radical (unpaired) electrons. The fourth-order valence-electron chi connectivity index (χ4n) is 1.38. The molecule has 90 valence electrons. The number of ketones is 2. The van der Waals surface area contributed by atoms with Crippen LogP contribution in [0.4, 0.5) is 0 Å². The van der Waals surface area contributed by atoms with Crippen molar-refractivity contribution in [2.24, 2.45) is 0 Å². The summed E-state index contributed by atoms with van der Waals surface area (Å²) in [6.45, 7) is 1.94. The lowest BCUT2D eigenvalue weighted by molar-refractivity contribution is -0.115. The first-order chi connectivity index (χ1) is 8.06. The van der Waals surface area contributed by atoms with Gasteiger partial charge in [-0.3, -0.25) is 9.59 Å². The predicted octanol–water partition coefficient (Wildman–Crippen LogP) is 2.33. The third-order valence-electron chi connectivity index (χ3n) is 2.40. The molecule has 0 fully saturated rings. The van der Waals surface area contributed by atoms with Crippen molar-refractivity contribution in [2.45, 2.75) is 26.2 Å². The van der Waals surface area contributed by atoms with Gasteiger partial charge in [0, 0.05) is 12.0 Å². The zero-order valence-corrected chi connectivity index (χ0v) is 9.60. The maximum absolute atomic E-state index is 11.6. The number of hydrogen-bond acceptors (Lipinski definition) is 3. The molecule has 0 aliphatic heterocycles. The molecule has 0 aliphatic carbocycles. The highest BCUT2D eigenvalue weighted by Gasteiger charge is 2.15. The van der Waals surface area contributed by atoms with Gasteiger partial charge in [0.15, 0.2) is 0 Å². The molecule has 0 unspecified atom stereocenters. The first-order valence-electron chi connectivity index (χ1n) is 5.47. The minimum atomic E-state index is -1.05. The lowest BCUT2D eigenvalue weighted by Gasteiger charge is -2.00. The SMILES string of the molecule is CCCCC(=O)C(=O)c1ccc(C(=O)O)cc1. The van der Waals surface area contributed by atoms with Crippen LogP contribution in [0.25, 0.3) is 0 Å². The smallest absolute Gasteiger partial charge is 0.335 e. The molecule has 1 N–H and O–H groups in total. The molecular formula is C13H14O4. The minimum absolute atomic E-state index is 0.0996. The van der Waals surface area contributed by atoms with Crippen molar-refractivity contribution in [3.63, 3.8) is 0 Å². The third kappa shape index (κ3) is 3.52. The van der Waals surface area contributed by atoms with E-state index < -0.39 is 17.5 Å². The van der Waals surface area contributed by atoms with E-state index in [4.69, 9.17) is 5.11 Å². The van der Waals surface area contributed by atoms with Gasteiger partial charge in [0.05, 0.1) is 5.56 Å². The van der Waals surface area contributed by atoms with E-state index in [9.17, 15) is 14.4 Å². The van der Waals surface area contributed by atoms with Crippen LogP contribution in [0.2, 0.25) is 0 Å². The number of carbonyl (C=O) groups excluding carboxylic acids is 2. The molecule has 0 saturated heterocycles. The van der Waals surface area contributed by atoms with Crippen LogP contribution in [0.5, 0.6) is 0 Å². The molecule has 0 bridgehead atoms.